The zero-order chi connectivity index (χ0) is 35.1. The molecule has 0 radical (unpaired) electrons. The van der Waals surface area contributed by atoms with Crippen molar-refractivity contribution in [2.75, 3.05) is 0 Å². The predicted molar refractivity (Wildman–Crippen MR) is 217 cm³/mol. The Balaban J connectivity index is 1.11. The standard InChI is InChI=1S/C49H31N3O/c1-4-14-32(15-5-1)37-26-27-41-40(30-37)31-43(45-42-24-10-11-25-44(42)53-46(41)45)38-22-12-20-35(28-38)36-21-13-23-39(29-36)49-51-47(33-16-6-2-7-17-33)50-48(52-49)34-18-8-3-9-19-34/h1-31H. The third-order valence-electron chi connectivity index (χ3n) is 9.90. The van der Waals surface area contributed by atoms with Gasteiger partial charge in [-0.1, -0.05) is 152 Å². The average Bonchev–Trinajstić information content (AvgIpc) is 3.64. The first-order chi connectivity index (χ1) is 26.2. The highest BCUT2D eigenvalue weighted by Gasteiger charge is 2.18. The van der Waals surface area contributed by atoms with E-state index in [1.807, 2.05) is 66.7 Å². The van der Waals surface area contributed by atoms with Gasteiger partial charge in [-0.25, -0.2) is 15.0 Å². The van der Waals surface area contributed by atoms with Gasteiger partial charge in [0.2, 0.25) is 0 Å². The molecule has 53 heavy (non-hydrogen) atoms. The number of nitrogens with zero attached hydrogens (tertiary/aromatic N) is 3. The maximum atomic E-state index is 6.62. The molecule has 2 heterocycles. The van der Waals surface area contributed by atoms with E-state index >= 15 is 0 Å². The summed E-state index contributed by atoms with van der Waals surface area (Å²) in [5.41, 5.74) is 11.4. The molecule has 0 fully saturated rings. The maximum Gasteiger partial charge on any atom is 0.164 e. The quantitative estimate of drug-likeness (QED) is 0.176. The Morgan fingerprint density at radius 2 is 0.811 bits per heavy atom. The average molecular weight is 678 g/mol. The van der Waals surface area contributed by atoms with Gasteiger partial charge in [-0.05, 0) is 75.2 Å². The minimum absolute atomic E-state index is 0.631. The lowest BCUT2D eigenvalue weighted by atomic mass is 9.92. The van der Waals surface area contributed by atoms with Gasteiger partial charge in [-0.2, -0.15) is 0 Å². The number of benzene rings is 8. The second kappa shape index (κ2) is 12.9. The molecule has 0 bridgehead atoms. The first-order valence-corrected chi connectivity index (χ1v) is 17.8. The van der Waals surface area contributed by atoms with Crippen LogP contribution in [0.5, 0.6) is 0 Å². The zero-order valence-corrected chi connectivity index (χ0v) is 28.6. The molecular weight excluding hydrogens is 647 g/mol. The molecule has 0 N–H and O–H groups in total. The van der Waals surface area contributed by atoms with Crippen LogP contribution in [0.2, 0.25) is 0 Å². The first-order valence-electron chi connectivity index (χ1n) is 17.8. The number of fused-ring (bicyclic) bond motifs is 5. The largest absolute Gasteiger partial charge is 0.455 e. The van der Waals surface area contributed by atoms with Gasteiger partial charge >= 0.3 is 0 Å². The second-order valence-corrected chi connectivity index (χ2v) is 13.2. The van der Waals surface area contributed by atoms with Crippen LogP contribution in [-0.2, 0) is 0 Å². The van der Waals surface area contributed by atoms with Gasteiger partial charge in [0.05, 0.1) is 0 Å². The number of furan rings is 1. The van der Waals surface area contributed by atoms with Crippen molar-refractivity contribution in [2.45, 2.75) is 0 Å². The Bertz CT molecular complexity index is 2880. The van der Waals surface area contributed by atoms with E-state index in [4.69, 9.17) is 19.4 Å². The molecule has 248 valence electrons. The molecule has 0 saturated heterocycles. The molecule has 10 rings (SSSR count). The van der Waals surface area contributed by atoms with Gasteiger partial charge in [-0.15, -0.1) is 0 Å². The number of para-hydroxylation sites is 1. The molecule has 0 unspecified atom stereocenters. The van der Waals surface area contributed by atoms with Crippen LogP contribution in [0.15, 0.2) is 192 Å². The van der Waals surface area contributed by atoms with Crippen LogP contribution in [0.4, 0.5) is 0 Å². The molecular formula is C49H31N3O. The lowest BCUT2D eigenvalue weighted by Gasteiger charge is -2.12. The molecule has 4 nitrogen and oxygen atoms in total. The van der Waals surface area contributed by atoms with Gasteiger partial charge in [0, 0.05) is 32.8 Å². The smallest absolute Gasteiger partial charge is 0.164 e. The van der Waals surface area contributed by atoms with Crippen molar-refractivity contribution in [3.8, 4) is 67.5 Å². The van der Waals surface area contributed by atoms with E-state index in [2.05, 4.69) is 121 Å². The van der Waals surface area contributed by atoms with Crippen molar-refractivity contribution in [1.29, 1.82) is 0 Å². The number of rotatable bonds is 6. The molecule has 0 atom stereocenters. The minimum Gasteiger partial charge on any atom is -0.455 e. The predicted octanol–water partition coefficient (Wildman–Crippen LogP) is 12.9. The second-order valence-electron chi connectivity index (χ2n) is 13.2. The van der Waals surface area contributed by atoms with E-state index in [0.717, 1.165) is 71.7 Å². The van der Waals surface area contributed by atoms with E-state index < -0.39 is 0 Å². The molecule has 10 aromatic rings. The Hall–Kier alpha value is -7.17. The Labute approximate surface area is 306 Å². The van der Waals surface area contributed by atoms with E-state index in [-0.39, 0.29) is 0 Å². The molecule has 4 heteroatoms. The van der Waals surface area contributed by atoms with E-state index in [0.29, 0.717) is 17.5 Å². The van der Waals surface area contributed by atoms with E-state index in [9.17, 15) is 0 Å². The van der Waals surface area contributed by atoms with Crippen molar-refractivity contribution >= 4 is 32.7 Å². The third kappa shape index (κ3) is 5.63. The van der Waals surface area contributed by atoms with Gasteiger partial charge in [0.25, 0.3) is 0 Å². The van der Waals surface area contributed by atoms with Crippen LogP contribution in [0.25, 0.3) is 100 Å². The highest BCUT2D eigenvalue weighted by atomic mass is 16.3. The normalized spacial score (nSPS) is 11.4. The monoisotopic (exact) mass is 677 g/mol. The van der Waals surface area contributed by atoms with Crippen LogP contribution in [-0.4, -0.2) is 15.0 Å². The molecule has 0 amide bonds. The van der Waals surface area contributed by atoms with Crippen LogP contribution in [0.1, 0.15) is 0 Å². The summed E-state index contributed by atoms with van der Waals surface area (Å²) in [4.78, 5) is 14.8. The van der Waals surface area contributed by atoms with Crippen LogP contribution < -0.4 is 0 Å². The summed E-state index contributed by atoms with van der Waals surface area (Å²) in [5, 5.41) is 4.47. The number of hydrogen-bond acceptors (Lipinski definition) is 4. The SMILES string of the molecule is c1ccc(-c2ccc3c(c2)cc(-c2cccc(-c4cccc(-c5nc(-c6ccccc6)nc(-c6ccccc6)n5)c4)c2)c2c4ccccc4oc32)cc1. The molecule has 0 aliphatic rings. The van der Waals surface area contributed by atoms with Crippen molar-refractivity contribution in [2.24, 2.45) is 0 Å². The van der Waals surface area contributed by atoms with Crippen LogP contribution >= 0.6 is 0 Å². The van der Waals surface area contributed by atoms with Crippen molar-refractivity contribution in [1.82, 2.24) is 15.0 Å². The van der Waals surface area contributed by atoms with Gasteiger partial charge in [-0.3, -0.25) is 0 Å². The summed E-state index contributed by atoms with van der Waals surface area (Å²) in [6.45, 7) is 0. The Kier molecular flexibility index (Phi) is 7.43. The van der Waals surface area contributed by atoms with Crippen LogP contribution in [0, 0.1) is 0 Å². The first kappa shape index (κ1) is 30.6. The van der Waals surface area contributed by atoms with Gasteiger partial charge < -0.3 is 4.42 Å². The summed E-state index contributed by atoms with van der Waals surface area (Å²) < 4.78 is 6.62. The molecule has 2 aromatic heterocycles. The third-order valence-corrected chi connectivity index (χ3v) is 9.90. The lowest BCUT2D eigenvalue weighted by molar-refractivity contribution is 0.673. The molecule has 0 aliphatic carbocycles. The van der Waals surface area contributed by atoms with Gasteiger partial charge in [0.1, 0.15) is 11.2 Å². The number of hydrogen-bond donors (Lipinski definition) is 0. The van der Waals surface area contributed by atoms with Crippen LogP contribution in [0.3, 0.4) is 0 Å². The highest BCUT2D eigenvalue weighted by molar-refractivity contribution is 6.21. The lowest BCUT2D eigenvalue weighted by Crippen LogP contribution is -2.00. The van der Waals surface area contributed by atoms with Crippen molar-refractivity contribution in [3.63, 3.8) is 0 Å². The summed E-state index contributed by atoms with van der Waals surface area (Å²) in [5.74, 6) is 1.92. The Morgan fingerprint density at radius 3 is 1.47 bits per heavy atom. The van der Waals surface area contributed by atoms with Gasteiger partial charge in [0.15, 0.2) is 17.5 Å². The van der Waals surface area contributed by atoms with Crippen molar-refractivity contribution in [3.05, 3.63) is 188 Å². The minimum atomic E-state index is 0.631. The maximum absolute atomic E-state index is 6.62. The molecule has 0 spiro atoms. The van der Waals surface area contributed by atoms with E-state index in [1.165, 1.54) is 11.1 Å². The summed E-state index contributed by atoms with van der Waals surface area (Å²) in [6.07, 6.45) is 0. The number of aromatic nitrogens is 3. The molecule has 0 saturated carbocycles. The summed E-state index contributed by atoms with van der Waals surface area (Å²) in [6, 6.07) is 65.2. The topological polar surface area (TPSA) is 51.8 Å². The fourth-order valence-corrected chi connectivity index (χ4v) is 7.30. The zero-order valence-electron chi connectivity index (χ0n) is 28.6. The fourth-order valence-electron chi connectivity index (χ4n) is 7.30. The summed E-state index contributed by atoms with van der Waals surface area (Å²) >= 11 is 0. The Morgan fingerprint density at radius 1 is 0.321 bits per heavy atom. The molecule has 8 aromatic carbocycles. The highest BCUT2D eigenvalue weighted by Crippen LogP contribution is 2.43. The van der Waals surface area contributed by atoms with E-state index in [1.54, 1.807) is 0 Å². The fraction of sp³-hybridized carbons (Fsp3) is 0. The van der Waals surface area contributed by atoms with Crippen molar-refractivity contribution < 1.29 is 4.42 Å². The summed E-state index contributed by atoms with van der Waals surface area (Å²) in [7, 11) is 0. The molecule has 0 aliphatic heterocycles.